The van der Waals surface area contributed by atoms with Crippen LogP contribution in [0.2, 0.25) is 0 Å². The lowest BCUT2D eigenvalue weighted by molar-refractivity contribution is 0.0526. The van der Waals surface area contributed by atoms with E-state index in [1.54, 1.807) is 19.1 Å². The molecule has 0 radical (unpaired) electrons. The summed E-state index contributed by atoms with van der Waals surface area (Å²) in [6.07, 6.45) is 6.30. The van der Waals surface area contributed by atoms with E-state index < -0.39 is 0 Å². The lowest BCUT2D eigenvalue weighted by atomic mass is 10.1. The van der Waals surface area contributed by atoms with Crippen molar-refractivity contribution in [1.82, 2.24) is 0 Å². The van der Waals surface area contributed by atoms with Crippen molar-refractivity contribution in [2.75, 3.05) is 6.61 Å². The van der Waals surface area contributed by atoms with Gasteiger partial charge in [-0.05, 0) is 51.0 Å². The molecule has 1 atom stereocenters. The van der Waals surface area contributed by atoms with Crippen LogP contribution in [0.5, 0.6) is 5.75 Å². The Labute approximate surface area is 122 Å². The summed E-state index contributed by atoms with van der Waals surface area (Å²) >= 11 is 0. The van der Waals surface area contributed by atoms with Crippen LogP contribution in [0.25, 0.3) is 0 Å². The third-order valence-corrected chi connectivity index (χ3v) is 3.17. The minimum atomic E-state index is -0.285. The van der Waals surface area contributed by atoms with Crippen molar-refractivity contribution in [1.29, 1.82) is 0 Å². The predicted molar refractivity (Wildman–Crippen MR) is 81.2 cm³/mol. The van der Waals surface area contributed by atoms with Gasteiger partial charge >= 0.3 is 5.97 Å². The fourth-order valence-electron chi connectivity index (χ4n) is 2.03. The Morgan fingerprint density at radius 1 is 1.10 bits per heavy atom. The van der Waals surface area contributed by atoms with Crippen molar-refractivity contribution >= 4 is 5.97 Å². The molecule has 0 spiro atoms. The molecule has 0 aliphatic rings. The Morgan fingerprint density at radius 2 is 1.80 bits per heavy atom. The third kappa shape index (κ3) is 6.09. The fourth-order valence-corrected chi connectivity index (χ4v) is 2.03. The topological polar surface area (TPSA) is 35.5 Å². The smallest absolute Gasteiger partial charge is 0.338 e. The van der Waals surface area contributed by atoms with Gasteiger partial charge in [0.15, 0.2) is 0 Å². The Morgan fingerprint density at radius 3 is 2.40 bits per heavy atom. The van der Waals surface area contributed by atoms with Crippen LogP contribution in [-0.2, 0) is 4.74 Å². The van der Waals surface area contributed by atoms with Gasteiger partial charge in [0.2, 0.25) is 0 Å². The maximum absolute atomic E-state index is 11.5. The van der Waals surface area contributed by atoms with E-state index in [2.05, 4.69) is 13.8 Å². The summed E-state index contributed by atoms with van der Waals surface area (Å²) in [5.41, 5.74) is 0.565. The number of carbonyl (C=O) groups excluding carboxylic acids is 1. The molecule has 0 aromatic heterocycles. The van der Waals surface area contributed by atoms with Crippen molar-refractivity contribution in [3.05, 3.63) is 29.8 Å². The van der Waals surface area contributed by atoms with Crippen molar-refractivity contribution < 1.29 is 14.3 Å². The lowest BCUT2D eigenvalue weighted by Gasteiger charge is -2.14. The first-order chi connectivity index (χ1) is 9.67. The Bertz CT molecular complexity index is 384. The summed E-state index contributed by atoms with van der Waals surface area (Å²) in [4.78, 5) is 11.5. The number of hydrogen-bond acceptors (Lipinski definition) is 3. The summed E-state index contributed by atoms with van der Waals surface area (Å²) in [6, 6.07) is 7.15. The number of hydrogen-bond donors (Lipinski definition) is 0. The quantitative estimate of drug-likeness (QED) is 0.489. The first-order valence-electron chi connectivity index (χ1n) is 7.61. The molecular formula is C17H26O3. The van der Waals surface area contributed by atoms with Crippen molar-refractivity contribution in [3.8, 4) is 5.75 Å². The average Bonchev–Trinajstić information content (AvgIpc) is 2.45. The highest BCUT2D eigenvalue weighted by Crippen LogP contribution is 2.17. The van der Waals surface area contributed by atoms with Gasteiger partial charge in [0.25, 0.3) is 0 Å². The summed E-state index contributed by atoms with van der Waals surface area (Å²) in [5, 5.41) is 0. The predicted octanol–water partition coefficient (Wildman–Crippen LogP) is 4.60. The van der Waals surface area contributed by atoms with Crippen LogP contribution in [0.4, 0.5) is 0 Å². The maximum Gasteiger partial charge on any atom is 0.338 e. The molecule has 0 aliphatic heterocycles. The van der Waals surface area contributed by atoms with E-state index in [1.807, 2.05) is 12.1 Å². The molecular weight excluding hydrogens is 252 g/mol. The summed E-state index contributed by atoms with van der Waals surface area (Å²) in [7, 11) is 0. The molecule has 0 aliphatic carbocycles. The fraction of sp³-hybridized carbons (Fsp3) is 0.588. The molecule has 1 aromatic rings. The molecule has 0 heterocycles. The molecule has 0 fully saturated rings. The molecule has 0 saturated carbocycles. The Hall–Kier alpha value is -1.51. The summed E-state index contributed by atoms with van der Waals surface area (Å²) in [6.45, 7) is 6.50. The zero-order chi connectivity index (χ0) is 14.8. The SMILES string of the molecule is CCCCCC[C@@H](C)Oc1ccc(C(=O)OCC)cc1. The number of esters is 1. The van der Waals surface area contributed by atoms with Crippen LogP contribution in [0.15, 0.2) is 24.3 Å². The van der Waals surface area contributed by atoms with Crippen LogP contribution < -0.4 is 4.74 Å². The molecule has 0 unspecified atom stereocenters. The van der Waals surface area contributed by atoms with Gasteiger partial charge in [-0.3, -0.25) is 0 Å². The second kappa shape index (κ2) is 9.40. The largest absolute Gasteiger partial charge is 0.491 e. The van der Waals surface area contributed by atoms with Crippen LogP contribution in [0, 0.1) is 0 Å². The molecule has 3 heteroatoms. The van der Waals surface area contributed by atoms with Crippen molar-refractivity contribution in [2.45, 2.75) is 59.0 Å². The zero-order valence-corrected chi connectivity index (χ0v) is 12.9. The highest BCUT2D eigenvalue weighted by atomic mass is 16.5. The van der Waals surface area contributed by atoms with Crippen LogP contribution in [-0.4, -0.2) is 18.7 Å². The molecule has 0 saturated heterocycles. The second-order valence-corrected chi connectivity index (χ2v) is 5.02. The van der Waals surface area contributed by atoms with E-state index in [0.717, 1.165) is 12.2 Å². The monoisotopic (exact) mass is 278 g/mol. The van der Waals surface area contributed by atoms with Gasteiger partial charge in [-0.15, -0.1) is 0 Å². The van der Waals surface area contributed by atoms with Crippen LogP contribution >= 0.6 is 0 Å². The first kappa shape index (κ1) is 16.5. The Balaban J connectivity index is 2.38. The van der Waals surface area contributed by atoms with Gasteiger partial charge in [0.1, 0.15) is 5.75 Å². The molecule has 1 aromatic carbocycles. The standard InChI is InChI=1S/C17H26O3/c1-4-6-7-8-9-14(3)20-16-12-10-15(11-13-16)17(18)19-5-2/h10-14H,4-9H2,1-3H3/t14-/m1/s1. The van der Waals surface area contributed by atoms with Gasteiger partial charge < -0.3 is 9.47 Å². The Kier molecular flexibility index (Phi) is 7.78. The van der Waals surface area contributed by atoms with Crippen LogP contribution in [0.3, 0.4) is 0 Å². The number of rotatable bonds is 9. The van der Waals surface area contributed by atoms with E-state index >= 15 is 0 Å². The van der Waals surface area contributed by atoms with E-state index in [0.29, 0.717) is 12.2 Å². The van der Waals surface area contributed by atoms with E-state index in [9.17, 15) is 4.79 Å². The van der Waals surface area contributed by atoms with E-state index in [4.69, 9.17) is 9.47 Å². The van der Waals surface area contributed by atoms with E-state index in [1.165, 1.54) is 25.7 Å². The maximum atomic E-state index is 11.5. The summed E-state index contributed by atoms with van der Waals surface area (Å²) in [5.74, 6) is 0.521. The summed E-state index contributed by atoms with van der Waals surface area (Å²) < 4.78 is 10.8. The second-order valence-electron chi connectivity index (χ2n) is 5.02. The molecule has 0 bridgehead atoms. The number of unbranched alkanes of at least 4 members (excludes halogenated alkanes) is 3. The average molecular weight is 278 g/mol. The molecule has 0 N–H and O–H groups in total. The zero-order valence-electron chi connectivity index (χ0n) is 12.9. The highest BCUT2D eigenvalue weighted by molar-refractivity contribution is 5.89. The third-order valence-electron chi connectivity index (χ3n) is 3.17. The van der Waals surface area contributed by atoms with E-state index in [-0.39, 0.29) is 12.1 Å². The first-order valence-corrected chi connectivity index (χ1v) is 7.61. The number of carbonyl (C=O) groups is 1. The minimum Gasteiger partial charge on any atom is -0.491 e. The number of benzene rings is 1. The van der Waals surface area contributed by atoms with Crippen LogP contribution in [0.1, 0.15) is 63.2 Å². The molecule has 20 heavy (non-hydrogen) atoms. The number of ether oxygens (including phenoxy) is 2. The van der Waals surface area contributed by atoms with Gasteiger partial charge in [-0.25, -0.2) is 4.79 Å². The minimum absolute atomic E-state index is 0.209. The highest BCUT2D eigenvalue weighted by Gasteiger charge is 2.07. The molecule has 112 valence electrons. The molecule has 1 rings (SSSR count). The lowest BCUT2D eigenvalue weighted by Crippen LogP contribution is -2.11. The van der Waals surface area contributed by atoms with Crippen molar-refractivity contribution in [3.63, 3.8) is 0 Å². The molecule has 3 nitrogen and oxygen atoms in total. The molecule has 0 amide bonds. The normalized spacial score (nSPS) is 11.9. The van der Waals surface area contributed by atoms with Gasteiger partial charge in [-0.1, -0.05) is 26.2 Å². The van der Waals surface area contributed by atoms with Crippen molar-refractivity contribution in [2.24, 2.45) is 0 Å². The van der Waals surface area contributed by atoms with Gasteiger partial charge in [-0.2, -0.15) is 0 Å². The van der Waals surface area contributed by atoms with Gasteiger partial charge in [0.05, 0.1) is 18.3 Å². The van der Waals surface area contributed by atoms with Gasteiger partial charge in [0, 0.05) is 0 Å².